The van der Waals surface area contributed by atoms with Gasteiger partial charge in [0.05, 0.1) is 0 Å². The molecule has 1 heterocycles. The molecule has 20 heavy (non-hydrogen) atoms. The lowest BCUT2D eigenvalue weighted by molar-refractivity contribution is 0.461. The summed E-state index contributed by atoms with van der Waals surface area (Å²) in [6.45, 7) is 0. The molecule has 4 nitrogen and oxygen atoms in total. The van der Waals surface area contributed by atoms with Crippen LogP contribution in [0, 0.1) is 5.41 Å². The highest BCUT2D eigenvalue weighted by Gasteiger charge is 2.10. The summed E-state index contributed by atoms with van der Waals surface area (Å²) in [6.07, 6.45) is 4.80. The fourth-order valence-electron chi connectivity index (χ4n) is 2.52. The minimum absolute atomic E-state index is 0.0547. The van der Waals surface area contributed by atoms with Crippen molar-refractivity contribution in [2.75, 3.05) is 0 Å². The Morgan fingerprint density at radius 3 is 2.70 bits per heavy atom. The van der Waals surface area contributed by atoms with Crippen LogP contribution in [0.4, 0.5) is 0 Å². The molecule has 1 aliphatic rings. The zero-order chi connectivity index (χ0) is 13.9. The number of benzene rings is 1. The number of amidine groups is 1. The van der Waals surface area contributed by atoms with Crippen LogP contribution >= 0.6 is 0 Å². The maximum Gasteiger partial charge on any atom is 0.219 e. The molecule has 0 spiro atoms. The topological polar surface area (TPSA) is 72.0 Å². The molecule has 0 amide bonds. The van der Waals surface area contributed by atoms with Crippen LogP contribution in [0.1, 0.15) is 29.7 Å². The average molecular weight is 267 g/mol. The molecule has 0 aliphatic heterocycles. The molecule has 1 aromatic carbocycles. The minimum atomic E-state index is -0.0547. The largest absolute Gasteiger partial charge is 0.439 e. The number of nitrogen functional groups attached to an aromatic ring is 1. The van der Waals surface area contributed by atoms with E-state index in [1.54, 1.807) is 18.2 Å². The maximum absolute atomic E-state index is 7.40. The predicted molar refractivity (Wildman–Crippen MR) is 78.4 cm³/mol. The van der Waals surface area contributed by atoms with Crippen LogP contribution in [0.5, 0.6) is 11.6 Å². The van der Waals surface area contributed by atoms with Crippen LogP contribution in [-0.4, -0.2) is 10.8 Å². The molecule has 1 aliphatic carbocycles. The molecule has 0 unspecified atom stereocenters. The minimum Gasteiger partial charge on any atom is -0.439 e. The Morgan fingerprint density at radius 2 is 1.90 bits per heavy atom. The second kappa shape index (κ2) is 5.33. The third-order valence-corrected chi connectivity index (χ3v) is 3.54. The first-order chi connectivity index (χ1) is 9.72. The molecule has 102 valence electrons. The highest BCUT2D eigenvalue weighted by molar-refractivity contribution is 5.93. The van der Waals surface area contributed by atoms with Crippen molar-refractivity contribution in [2.24, 2.45) is 5.73 Å². The van der Waals surface area contributed by atoms with Gasteiger partial charge in [0.15, 0.2) is 0 Å². The summed E-state index contributed by atoms with van der Waals surface area (Å²) >= 11 is 0. The smallest absolute Gasteiger partial charge is 0.219 e. The van der Waals surface area contributed by atoms with Gasteiger partial charge in [-0.25, -0.2) is 4.98 Å². The Labute approximate surface area is 118 Å². The van der Waals surface area contributed by atoms with E-state index in [0.717, 1.165) is 18.6 Å². The van der Waals surface area contributed by atoms with Gasteiger partial charge in [0.25, 0.3) is 0 Å². The second-order valence-electron chi connectivity index (χ2n) is 5.01. The van der Waals surface area contributed by atoms with Crippen LogP contribution in [0.25, 0.3) is 0 Å². The van der Waals surface area contributed by atoms with Crippen LogP contribution in [0.2, 0.25) is 0 Å². The summed E-state index contributed by atoms with van der Waals surface area (Å²) in [4.78, 5) is 4.21. The van der Waals surface area contributed by atoms with Gasteiger partial charge >= 0.3 is 0 Å². The first kappa shape index (κ1) is 12.7. The molecule has 0 fully saturated rings. The zero-order valence-corrected chi connectivity index (χ0v) is 11.2. The molecular weight excluding hydrogens is 250 g/mol. The number of hydrogen-bond acceptors (Lipinski definition) is 3. The molecular formula is C16H17N3O. The monoisotopic (exact) mass is 267 g/mol. The van der Waals surface area contributed by atoms with Crippen LogP contribution in [0.3, 0.4) is 0 Å². The third-order valence-electron chi connectivity index (χ3n) is 3.54. The Kier molecular flexibility index (Phi) is 3.37. The molecule has 1 aromatic heterocycles. The number of fused-ring (bicyclic) bond motifs is 1. The van der Waals surface area contributed by atoms with E-state index < -0.39 is 0 Å². The van der Waals surface area contributed by atoms with Gasteiger partial charge in [-0.1, -0.05) is 12.1 Å². The van der Waals surface area contributed by atoms with Gasteiger partial charge < -0.3 is 10.5 Å². The van der Waals surface area contributed by atoms with E-state index in [9.17, 15) is 0 Å². The quantitative estimate of drug-likeness (QED) is 0.663. The van der Waals surface area contributed by atoms with Crippen LogP contribution < -0.4 is 10.5 Å². The SMILES string of the molecule is N=C(N)c1cccc(Oc2ccc3c(c2)CCCC3)n1. The molecule has 0 saturated carbocycles. The number of ether oxygens (including phenoxy) is 1. The van der Waals surface area contributed by atoms with Gasteiger partial charge in [0.2, 0.25) is 5.88 Å². The van der Waals surface area contributed by atoms with Gasteiger partial charge in [0.1, 0.15) is 17.3 Å². The van der Waals surface area contributed by atoms with Crippen LogP contribution in [-0.2, 0) is 12.8 Å². The number of nitrogens with one attached hydrogen (secondary N) is 1. The van der Waals surface area contributed by atoms with Crippen molar-refractivity contribution >= 4 is 5.84 Å². The number of nitrogens with zero attached hydrogens (tertiary/aromatic N) is 1. The first-order valence-corrected chi connectivity index (χ1v) is 6.83. The molecule has 3 rings (SSSR count). The number of rotatable bonds is 3. The average Bonchev–Trinajstić information content (AvgIpc) is 2.47. The van der Waals surface area contributed by atoms with Gasteiger partial charge in [-0.15, -0.1) is 0 Å². The number of nitrogens with two attached hydrogens (primary N) is 1. The van der Waals surface area contributed by atoms with E-state index in [4.69, 9.17) is 15.9 Å². The molecule has 2 aromatic rings. The summed E-state index contributed by atoms with van der Waals surface area (Å²) in [5.74, 6) is 1.20. The Bertz CT molecular complexity index is 652. The van der Waals surface area contributed by atoms with Gasteiger partial charge in [0, 0.05) is 6.07 Å². The lowest BCUT2D eigenvalue weighted by Crippen LogP contribution is -2.13. The number of aryl methyl sites for hydroxylation is 2. The standard InChI is InChI=1S/C16H17N3O/c17-16(18)14-6-3-7-15(19-14)20-13-9-8-11-4-1-2-5-12(11)10-13/h3,6-10H,1-2,4-5H2,(H3,17,18). The number of hydrogen-bond donors (Lipinski definition) is 2. The Morgan fingerprint density at radius 1 is 1.10 bits per heavy atom. The van der Waals surface area contributed by atoms with Crippen molar-refractivity contribution in [3.05, 3.63) is 53.2 Å². The lowest BCUT2D eigenvalue weighted by atomic mass is 9.92. The molecule has 0 radical (unpaired) electrons. The Balaban J connectivity index is 1.84. The molecule has 0 bridgehead atoms. The molecule has 0 saturated heterocycles. The van der Waals surface area contributed by atoms with E-state index in [1.807, 2.05) is 6.07 Å². The fourth-order valence-corrected chi connectivity index (χ4v) is 2.52. The molecule has 4 heteroatoms. The van der Waals surface area contributed by atoms with Crippen molar-refractivity contribution in [3.63, 3.8) is 0 Å². The van der Waals surface area contributed by atoms with E-state index in [-0.39, 0.29) is 5.84 Å². The van der Waals surface area contributed by atoms with Gasteiger partial charge in [-0.2, -0.15) is 0 Å². The Hall–Kier alpha value is -2.36. The highest BCUT2D eigenvalue weighted by atomic mass is 16.5. The van der Waals surface area contributed by atoms with Crippen LogP contribution in [0.15, 0.2) is 36.4 Å². The van der Waals surface area contributed by atoms with Crippen molar-refractivity contribution in [3.8, 4) is 11.6 Å². The van der Waals surface area contributed by atoms with E-state index in [1.165, 1.54) is 24.0 Å². The van der Waals surface area contributed by atoms with Crippen molar-refractivity contribution < 1.29 is 4.74 Å². The van der Waals surface area contributed by atoms with Crippen molar-refractivity contribution in [1.29, 1.82) is 5.41 Å². The highest BCUT2D eigenvalue weighted by Crippen LogP contribution is 2.27. The number of pyridine rings is 1. The summed E-state index contributed by atoms with van der Waals surface area (Å²) in [6, 6.07) is 11.5. The van der Waals surface area contributed by atoms with Crippen molar-refractivity contribution in [2.45, 2.75) is 25.7 Å². The van der Waals surface area contributed by atoms with Gasteiger partial charge in [-0.3, -0.25) is 5.41 Å². The normalized spacial score (nSPS) is 13.6. The fraction of sp³-hybridized carbons (Fsp3) is 0.250. The molecule has 0 atom stereocenters. The number of aromatic nitrogens is 1. The summed E-state index contributed by atoms with van der Waals surface area (Å²) < 4.78 is 5.77. The maximum atomic E-state index is 7.40. The predicted octanol–water partition coefficient (Wildman–Crippen LogP) is 3.04. The zero-order valence-electron chi connectivity index (χ0n) is 11.2. The third kappa shape index (κ3) is 2.64. The summed E-state index contributed by atoms with van der Waals surface area (Å²) in [5, 5.41) is 7.40. The van der Waals surface area contributed by atoms with E-state index >= 15 is 0 Å². The van der Waals surface area contributed by atoms with Crippen molar-refractivity contribution in [1.82, 2.24) is 4.98 Å². The lowest BCUT2D eigenvalue weighted by Gasteiger charge is -2.16. The second-order valence-corrected chi connectivity index (χ2v) is 5.01. The van der Waals surface area contributed by atoms with E-state index in [2.05, 4.69) is 17.1 Å². The summed E-state index contributed by atoms with van der Waals surface area (Å²) in [5.41, 5.74) is 8.66. The summed E-state index contributed by atoms with van der Waals surface area (Å²) in [7, 11) is 0. The van der Waals surface area contributed by atoms with Gasteiger partial charge in [-0.05, 0) is 55.0 Å². The molecule has 3 N–H and O–H groups in total. The van der Waals surface area contributed by atoms with E-state index in [0.29, 0.717) is 11.6 Å². The first-order valence-electron chi connectivity index (χ1n) is 6.83.